The number of carbonyl (C=O) groups is 3. The number of imide groups is 1. The van der Waals surface area contributed by atoms with Crippen LogP contribution in [0.15, 0.2) is 71.8 Å². The first kappa shape index (κ1) is 23.8. The molecule has 0 aliphatic carbocycles. The molecule has 0 unspecified atom stereocenters. The first-order valence-corrected chi connectivity index (χ1v) is 12.1. The number of nitro benzene ring substituents is 1. The van der Waals surface area contributed by atoms with Gasteiger partial charge in [0.25, 0.3) is 5.69 Å². The Morgan fingerprint density at radius 3 is 2.45 bits per heavy atom. The summed E-state index contributed by atoms with van der Waals surface area (Å²) in [5.41, 5.74) is 1.51. The van der Waals surface area contributed by atoms with Crippen LogP contribution in [0.4, 0.5) is 11.4 Å². The molecule has 0 radical (unpaired) electrons. The third-order valence-corrected chi connectivity index (χ3v) is 7.56. The Balaban J connectivity index is 1.51. The van der Waals surface area contributed by atoms with Crippen LogP contribution in [0.2, 0.25) is 5.02 Å². The second-order valence-electron chi connectivity index (χ2n) is 9.19. The fraction of sp³-hybridized carbons (Fsp3) is 0.185. The Hall–Kier alpha value is -4.57. The Kier molecular flexibility index (Phi) is 5.50. The average Bonchev–Trinajstić information content (AvgIpc) is 3.40. The topological polar surface area (TPSA) is 122 Å². The fourth-order valence-corrected chi connectivity index (χ4v) is 5.78. The highest BCUT2D eigenvalue weighted by Gasteiger charge is 2.65. The molecule has 3 aliphatic heterocycles. The zero-order valence-electron chi connectivity index (χ0n) is 19.9. The molecule has 6 rings (SSSR count). The number of halogens is 1. The van der Waals surface area contributed by atoms with Crippen LogP contribution in [-0.2, 0) is 9.59 Å². The minimum atomic E-state index is -1.08. The van der Waals surface area contributed by atoms with Gasteiger partial charge in [-0.25, -0.2) is 4.90 Å². The van der Waals surface area contributed by atoms with Crippen molar-refractivity contribution >= 4 is 46.8 Å². The van der Waals surface area contributed by atoms with E-state index in [1.54, 1.807) is 35.5 Å². The van der Waals surface area contributed by atoms with E-state index in [0.29, 0.717) is 10.6 Å². The number of nitrogens with zero attached hydrogens (tertiary/aromatic N) is 4. The summed E-state index contributed by atoms with van der Waals surface area (Å²) >= 11 is 6.01. The summed E-state index contributed by atoms with van der Waals surface area (Å²) in [5, 5.41) is 18.0. The maximum Gasteiger partial charge on any atom is 0.271 e. The van der Waals surface area contributed by atoms with E-state index in [1.165, 1.54) is 19.2 Å². The summed E-state index contributed by atoms with van der Waals surface area (Å²) < 4.78 is 5.35. The number of benzene rings is 3. The highest BCUT2D eigenvalue weighted by molar-refractivity contribution is 6.30. The maximum absolute atomic E-state index is 14.0. The van der Waals surface area contributed by atoms with E-state index in [0.717, 1.165) is 22.1 Å². The number of hydrogen-bond acceptors (Lipinski definition) is 8. The number of amides is 2. The van der Waals surface area contributed by atoms with E-state index in [9.17, 15) is 24.5 Å². The highest BCUT2D eigenvalue weighted by atomic mass is 35.5. The van der Waals surface area contributed by atoms with Gasteiger partial charge in [0.2, 0.25) is 11.8 Å². The molecule has 11 heteroatoms. The highest BCUT2D eigenvalue weighted by Crippen LogP contribution is 2.54. The lowest BCUT2D eigenvalue weighted by molar-refractivity contribution is -0.384. The molecule has 2 fully saturated rings. The molecule has 0 aromatic heterocycles. The van der Waals surface area contributed by atoms with Crippen molar-refractivity contribution in [1.29, 1.82) is 0 Å². The van der Waals surface area contributed by atoms with E-state index >= 15 is 0 Å². The molecule has 0 saturated carbocycles. The zero-order chi connectivity index (χ0) is 26.7. The fourth-order valence-electron chi connectivity index (χ4n) is 5.66. The minimum Gasteiger partial charge on any atom is -0.495 e. The predicted octanol–water partition coefficient (Wildman–Crippen LogP) is 4.02. The maximum atomic E-state index is 14.0. The Labute approximate surface area is 221 Å². The number of rotatable bonds is 5. The van der Waals surface area contributed by atoms with Crippen molar-refractivity contribution in [1.82, 2.24) is 5.01 Å². The minimum absolute atomic E-state index is 0.0389. The van der Waals surface area contributed by atoms with Crippen LogP contribution in [0, 0.1) is 22.0 Å². The normalized spacial score (nSPS) is 23.2. The molecule has 3 heterocycles. The van der Waals surface area contributed by atoms with Crippen molar-refractivity contribution in [2.24, 2.45) is 16.9 Å². The van der Waals surface area contributed by atoms with Crippen LogP contribution in [0.5, 0.6) is 5.75 Å². The van der Waals surface area contributed by atoms with Gasteiger partial charge in [-0.2, -0.15) is 5.10 Å². The van der Waals surface area contributed by atoms with Crippen molar-refractivity contribution in [3.05, 3.63) is 98.6 Å². The molecule has 0 bridgehead atoms. The van der Waals surface area contributed by atoms with Crippen LogP contribution in [-0.4, -0.2) is 46.9 Å². The van der Waals surface area contributed by atoms with Crippen LogP contribution >= 0.6 is 11.6 Å². The molecule has 3 aromatic carbocycles. The van der Waals surface area contributed by atoms with Gasteiger partial charge in [-0.15, -0.1) is 0 Å². The van der Waals surface area contributed by atoms with Crippen molar-refractivity contribution in [2.45, 2.75) is 12.1 Å². The lowest BCUT2D eigenvalue weighted by atomic mass is 9.83. The molecule has 38 heavy (non-hydrogen) atoms. The number of methoxy groups -OCH3 is 1. The second-order valence-corrected chi connectivity index (χ2v) is 9.63. The molecule has 2 amide bonds. The van der Waals surface area contributed by atoms with Crippen LogP contribution in [0.3, 0.4) is 0 Å². The van der Waals surface area contributed by atoms with Gasteiger partial charge in [-0.05, 0) is 41.5 Å². The molecule has 4 atom stereocenters. The van der Waals surface area contributed by atoms with Crippen molar-refractivity contribution < 1.29 is 24.0 Å². The lowest BCUT2D eigenvalue weighted by Gasteiger charge is -2.33. The zero-order valence-corrected chi connectivity index (χ0v) is 20.6. The lowest BCUT2D eigenvalue weighted by Crippen LogP contribution is -2.44. The molecule has 3 aromatic rings. The number of ketones is 1. The first-order chi connectivity index (χ1) is 18.3. The Bertz CT molecular complexity index is 1560. The molecular weight excluding hydrogens is 512 g/mol. The number of hydrogen-bond donors (Lipinski definition) is 0. The molecule has 3 aliphatic rings. The number of non-ortho nitro benzene ring substituents is 1. The van der Waals surface area contributed by atoms with Gasteiger partial charge in [0.1, 0.15) is 17.5 Å². The number of nitro groups is 1. The third kappa shape index (κ3) is 3.41. The molecule has 0 N–H and O–H groups in total. The number of carbonyl (C=O) groups excluding carboxylic acids is 3. The van der Waals surface area contributed by atoms with Crippen LogP contribution < -0.4 is 9.64 Å². The predicted molar refractivity (Wildman–Crippen MR) is 137 cm³/mol. The van der Waals surface area contributed by atoms with Gasteiger partial charge in [-0.3, -0.25) is 29.5 Å². The summed E-state index contributed by atoms with van der Waals surface area (Å²) in [6.07, 6.45) is 1.62. The number of hydrazone groups is 1. The average molecular weight is 531 g/mol. The summed E-state index contributed by atoms with van der Waals surface area (Å²) in [6, 6.07) is 15.6. The van der Waals surface area contributed by atoms with Gasteiger partial charge in [-0.1, -0.05) is 35.9 Å². The van der Waals surface area contributed by atoms with E-state index in [1.807, 2.05) is 24.3 Å². The van der Waals surface area contributed by atoms with Gasteiger partial charge in [0.05, 0.1) is 36.1 Å². The smallest absolute Gasteiger partial charge is 0.271 e. The Morgan fingerprint density at radius 2 is 1.74 bits per heavy atom. The number of Topliss-reactive ketones (excluding diaryl/α,β-unsaturated/α-hetero) is 1. The third-order valence-electron chi connectivity index (χ3n) is 7.30. The van der Waals surface area contributed by atoms with Gasteiger partial charge in [0.15, 0.2) is 5.78 Å². The number of ether oxygens (including phenoxy) is 1. The van der Waals surface area contributed by atoms with Gasteiger partial charge in [0, 0.05) is 22.7 Å². The monoisotopic (exact) mass is 530 g/mol. The van der Waals surface area contributed by atoms with E-state index in [2.05, 4.69) is 5.10 Å². The summed E-state index contributed by atoms with van der Waals surface area (Å²) in [5.74, 6) is -3.52. The molecule has 0 spiro atoms. The standard InChI is InChI=1S/C27H19ClN4O6/c1-38-20-11-10-17(32(36)37)12-19(20)30-26(34)21-22(27(30)35)24(25(33)14-6-8-16(28)9-7-14)31-23(21)18-5-3-2-4-15(18)13-29-31/h2-13,21-24H,1H3/t21-,22+,23+,24+/m0/s1. The summed E-state index contributed by atoms with van der Waals surface area (Å²) in [7, 11) is 1.34. The van der Waals surface area contributed by atoms with Crippen molar-refractivity contribution in [3.63, 3.8) is 0 Å². The summed E-state index contributed by atoms with van der Waals surface area (Å²) in [4.78, 5) is 53.7. The SMILES string of the molecule is COc1ccc([N+](=O)[O-])cc1N1C(=O)[C@@H]2[C@H](C1=O)[C@H]1c3ccccc3C=NN1[C@H]2C(=O)c1ccc(Cl)cc1. The van der Waals surface area contributed by atoms with Gasteiger partial charge >= 0.3 is 0 Å². The van der Waals surface area contributed by atoms with Crippen molar-refractivity contribution in [2.75, 3.05) is 12.0 Å². The van der Waals surface area contributed by atoms with E-state index < -0.39 is 40.7 Å². The quantitative estimate of drug-likeness (QED) is 0.211. The number of anilines is 1. The first-order valence-electron chi connectivity index (χ1n) is 11.7. The largest absolute Gasteiger partial charge is 0.495 e. The molecular formula is C27H19ClN4O6. The molecule has 2 saturated heterocycles. The number of fused-ring (bicyclic) bond motifs is 5. The molecule has 10 nitrogen and oxygen atoms in total. The molecule has 190 valence electrons. The second kappa shape index (κ2) is 8.77. The Morgan fingerprint density at radius 1 is 1.03 bits per heavy atom. The van der Waals surface area contributed by atoms with Crippen molar-refractivity contribution in [3.8, 4) is 5.75 Å². The van der Waals surface area contributed by atoms with E-state index in [4.69, 9.17) is 16.3 Å². The summed E-state index contributed by atoms with van der Waals surface area (Å²) in [6.45, 7) is 0. The van der Waals surface area contributed by atoms with E-state index in [-0.39, 0.29) is 22.9 Å². The van der Waals surface area contributed by atoms with Gasteiger partial charge < -0.3 is 4.74 Å². The van der Waals surface area contributed by atoms with Crippen LogP contribution in [0.1, 0.15) is 27.5 Å². The van der Waals surface area contributed by atoms with Crippen LogP contribution in [0.25, 0.3) is 0 Å².